The Kier molecular flexibility index (Phi) is 5.08. The van der Waals surface area contributed by atoms with Crippen LogP contribution in [0.1, 0.15) is 28.6 Å². The van der Waals surface area contributed by atoms with Crippen LogP contribution >= 0.6 is 0 Å². The Labute approximate surface area is 168 Å². The highest BCUT2D eigenvalue weighted by atomic mass is 16.5. The van der Waals surface area contributed by atoms with E-state index in [1.165, 1.54) is 4.90 Å². The van der Waals surface area contributed by atoms with Crippen molar-refractivity contribution in [2.24, 2.45) is 0 Å². The van der Waals surface area contributed by atoms with Crippen LogP contribution in [0.5, 0.6) is 11.5 Å². The number of esters is 1. The number of fused-ring (bicyclic) bond motifs is 2. The Morgan fingerprint density at radius 2 is 1.59 bits per heavy atom. The van der Waals surface area contributed by atoms with Crippen LogP contribution in [-0.2, 0) is 20.9 Å². The van der Waals surface area contributed by atoms with E-state index in [0.29, 0.717) is 23.8 Å². The van der Waals surface area contributed by atoms with Crippen molar-refractivity contribution in [1.82, 2.24) is 4.90 Å². The molecular formula is C23H21NO5. The van der Waals surface area contributed by atoms with Crippen LogP contribution in [0, 0.1) is 6.92 Å². The van der Waals surface area contributed by atoms with Gasteiger partial charge in [0.05, 0.1) is 6.54 Å². The van der Waals surface area contributed by atoms with E-state index in [-0.39, 0.29) is 12.5 Å². The van der Waals surface area contributed by atoms with Gasteiger partial charge in [-0.1, -0.05) is 36.4 Å². The molecule has 1 aliphatic heterocycles. The molecule has 0 bridgehead atoms. The third kappa shape index (κ3) is 3.87. The highest BCUT2D eigenvalue weighted by Gasteiger charge is 2.34. The Morgan fingerprint density at radius 1 is 0.966 bits per heavy atom. The smallest absolute Gasteiger partial charge is 0.318 e. The van der Waals surface area contributed by atoms with Crippen LogP contribution in [-0.4, -0.2) is 30.4 Å². The summed E-state index contributed by atoms with van der Waals surface area (Å²) in [6.45, 7) is 1.82. The highest BCUT2D eigenvalue weighted by Crippen LogP contribution is 2.44. The summed E-state index contributed by atoms with van der Waals surface area (Å²) in [5.74, 6) is 1.27. The average Bonchev–Trinajstić information content (AvgIpc) is 3.14. The van der Waals surface area contributed by atoms with Gasteiger partial charge < -0.3 is 18.8 Å². The number of furan rings is 1. The molecule has 6 heteroatoms. The SMILES string of the molecule is Cc1ccc(CN(C)C(=O)COC(=O)C2c3ccccc3Oc3ccccc32)o1. The summed E-state index contributed by atoms with van der Waals surface area (Å²) in [4.78, 5) is 26.8. The summed E-state index contributed by atoms with van der Waals surface area (Å²) in [7, 11) is 1.65. The molecule has 4 rings (SSSR count). The average molecular weight is 391 g/mol. The number of likely N-dealkylation sites (N-methyl/N-ethyl adjacent to an activating group) is 1. The lowest BCUT2D eigenvalue weighted by Gasteiger charge is -2.27. The van der Waals surface area contributed by atoms with Crippen molar-refractivity contribution >= 4 is 11.9 Å². The summed E-state index contributed by atoms with van der Waals surface area (Å²) in [5.41, 5.74) is 1.45. The van der Waals surface area contributed by atoms with E-state index in [1.54, 1.807) is 7.05 Å². The van der Waals surface area contributed by atoms with Crippen LogP contribution < -0.4 is 4.74 Å². The van der Waals surface area contributed by atoms with Crippen molar-refractivity contribution in [3.63, 3.8) is 0 Å². The standard InChI is InChI=1S/C23H21NO5/c1-15-11-12-16(28-15)13-24(2)21(25)14-27-23(26)22-17-7-3-5-9-19(17)29-20-10-6-4-8-18(20)22/h3-12,22H,13-14H2,1-2H3. The second-order valence-corrected chi connectivity index (χ2v) is 6.98. The number of ether oxygens (including phenoxy) is 2. The number of aryl methyl sites for hydroxylation is 1. The van der Waals surface area contributed by atoms with Gasteiger partial charge in [-0.25, -0.2) is 0 Å². The molecule has 3 aromatic rings. The zero-order chi connectivity index (χ0) is 20.4. The minimum absolute atomic E-state index is 0.305. The first-order valence-corrected chi connectivity index (χ1v) is 9.34. The van der Waals surface area contributed by atoms with Gasteiger partial charge in [-0.15, -0.1) is 0 Å². The molecule has 1 amide bonds. The molecule has 2 heterocycles. The first-order valence-electron chi connectivity index (χ1n) is 9.34. The van der Waals surface area contributed by atoms with E-state index in [9.17, 15) is 9.59 Å². The Hall–Kier alpha value is -3.54. The molecule has 29 heavy (non-hydrogen) atoms. The molecule has 1 aliphatic rings. The van der Waals surface area contributed by atoms with Crippen molar-refractivity contribution in [3.05, 3.63) is 83.3 Å². The zero-order valence-corrected chi connectivity index (χ0v) is 16.3. The number of hydrogen-bond donors (Lipinski definition) is 0. The van der Waals surface area contributed by atoms with Gasteiger partial charge in [0.1, 0.15) is 28.9 Å². The van der Waals surface area contributed by atoms with E-state index in [0.717, 1.165) is 16.9 Å². The van der Waals surface area contributed by atoms with Crippen LogP contribution in [0.4, 0.5) is 0 Å². The number of nitrogens with zero attached hydrogens (tertiary/aromatic N) is 1. The van der Waals surface area contributed by atoms with Gasteiger partial charge in [0.2, 0.25) is 0 Å². The molecule has 0 aliphatic carbocycles. The first-order chi connectivity index (χ1) is 14.0. The molecule has 148 valence electrons. The van der Waals surface area contributed by atoms with E-state index >= 15 is 0 Å². The number of hydrogen-bond acceptors (Lipinski definition) is 5. The van der Waals surface area contributed by atoms with Gasteiger partial charge in [0.15, 0.2) is 6.61 Å². The Bertz CT molecular complexity index is 1010. The van der Waals surface area contributed by atoms with Crippen LogP contribution in [0.25, 0.3) is 0 Å². The van der Waals surface area contributed by atoms with Crippen molar-refractivity contribution in [3.8, 4) is 11.5 Å². The summed E-state index contributed by atoms with van der Waals surface area (Å²) in [5, 5.41) is 0. The fraction of sp³-hybridized carbons (Fsp3) is 0.217. The molecule has 0 radical (unpaired) electrons. The summed E-state index contributed by atoms with van der Waals surface area (Å²) in [6.07, 6.45) is 0. The molecule has 0 spiro atoms. The predicted molar refractivity (Wildman–Crippen MR) is 106 cm³/mol. The van der Waals surface area contributed by atoms with Crippen molar-refractivity contribution in [2.45, 2.75) is 19.4 Å². The van der Waals surface area contributed by atoms with Crippen molar-refractivity contribution in [1.29, 1.82) is 0 Å². The number of amides is 1. The fourth-order valence-corrected chi connectivity index (χ4v) is 3.38. The van der Waals surface area contributed by atoms with Gasteiger partial charge in [0.25, 0.3) is 5.91 Å². The van der Waals surface area contributed by atoms with Crippen LogP contribution in [0.3, 0.4) is 0 Å². The lowest BCUT2D eigenvalue weighted by atomic mass is 9.88. The molecule has 0 saturated carbocycles. The largest absolute Gasteiger partial charge is 0.464 e. The first kappa shape index (κ1) is 18.8. The minimum atomic E-state index is -0.637. The maximum absolute atomic E-state index is 12.9. The summed E-state index contributed by atoms with van der Waals surface area (Å²) >= 11 is 0. The van der Waals surface area contributed by atoms with Crippen molar-refractivity contribution in [2.75, 3.05) is 13.7 Å². The normalized spacial score (nSPS) is 12.5. The second kappa shape index (κ2) is 7.83. The quantitative estimate of drug-likeness (QED) is 0.614. The molecule has 0 unspecified atom stereocenters. The predicted octanol–water partition coefficient (Wildman–Crippen LogP) is 4.03. The third-order valence-electron chi connectivity index (χ3n) is 4.87. The van der Waals surface area contributed by atoms with Gasteiger partial charge in [-0.2, -0.15) is 0 Å². The van der Waals surface area contributed by atoms with E-state index < -0.39 is 11.9 Å². The summed E-state index contributed by atoms with van der Waals surface area (Å²) < 4.78 is 16.8. The van der Waals surface area contributed by atoms with Crippen LogP contribution in [0.2, 0.25) is 0 Å². The van der Waals surface area contributed by atoms with Gasteiger partial charge in [-0.05, 0) is 31.2 Å². The van der Waals surface area contributed by atoms with E-state index in [4.69, 9.17) is 13.9 Å². The van der Waals surface area contributed by atoms with Crippen molar-refractivity contribution < 1.29 is 23.5 Å². The molecular weight excluding hydrogens is 370 g/mol. The van der Waals surface area contributed by atoms with Gasteiger partial charge >= 0.3 is 5.97 Å². The maximum Gasteiger partial charge on any atom is 0.318 e. The fourth-order valence-electron chi connectivity index (χ4n) is 3.38. The number of benzene rings is 2. The van der Waals surface area contributed by atoms with Gasteiger partial charge in [0, 0.05) is 18.2 Å². The molecule has 2 aromatic carbocycles. The lowest BCUT2D eigenvalue weighted by molar-refractivity contribution is -0.152. The monoisotopic (exact) mass is 391 g/mol. The lowest BCUT2D eigenvalue weighted by Crippen LogP contribution is -2.32. The zero-order valence-electron chi connectivity index (χ0n) is 16.3. The number of carbonyl (C=O) groups excluding carboxylic acids is 2. The topological polar surface area (TPSA) is 69.0 Å². The van der Waals surface area contributed by atoms with Gasteiger partial charge in [-0.3, -0.25) is 9.59 Å². The molecule has 6 nitrogen and oxygen atoms in total. The number of para-hydroxylation sites is 2. The minimum Gasteiger partial charge on any atom is -0.464 e. The third-order valence-corrected chi connectivity index (χ3v) is 4.87. The van der Waals surface area contributed by atoms with E-state index in [1.807, 2.05) is 67.6 Å². The van der Waals surface area contributed by atoms with E-state index in [2.05, 4.69) is 0 Å². The van der Waals surface area contributed by atoms with Crippen LogP contribution in [0.15, 0.2) is 65.1 Å². The Balaban J connectivity index is 1.46. The molecule has 0 atom stereocenters. The Morgan fingerprint density at radius 3 is 2.17 bits per heavy atom. The highest BCUT2D eigenvalue weighted by molar-refractivity contribution is 5.87. The second-order valence-electron chi connectivity index (χ2n) is 6.98. The summed E-state index contributed by atoms with van der Waals surface area (Å²) in [6, 6.07) is 18.4. The molecule has 1 aromatic heterocycles. The number of carbonyl (C=O) groups is 2. The molecule has 0 N–H and O–H groups in total. The maximum atomic E-state index is 12.9. The molecule has 0 saturated heterocycles. The number of rotatable bonds is 5. The molecule has 0 fully saturated rings.